The van der Waals surface area contributed by atoms with Gasteiger partial charge in [-0.1, -0.05) is 24.3 Å². The van der Waals surface area contributed by atoms with E-state index in [4.69, 9.17) is 0 Å². The van der Waals surface area contributed by atoms with E-state index in [0.717, 1.165) is 163 Å². The summed E-state index contributed by atoms with van der Waals surface area (Å²) in [5.41, 5.74) is 2.70. The van der Waals surface area contributed by atoms with Gasteiger partial charge >= 0.3 is 23.9 Å². The van der Waals surface area contributed by atoms with Crippen molar-refractivity contribution in [3.05, 3.63) is 35.4 Å². The Morgan fingerprint density at radius 2 is 0.867 bits per heavy atom. The Balaban J connectivity index is 0.0000148. The first-order valence-electron chi connectivity index (χ1n) is 27.8. The van der Waals surface area contributed by atoms with E-state index < -0.39 is 29.9 Å². The van der Waals surface area contributed by atoms with E-state index in [1.165, 1.54) is 11.1 Å². The molecule has 0 radical (unpaired) electrons. The van der Waals surface area contributed by atoms with Crippen LogP contribution < -0.4 is 31.9 Å². The summed E-state index contributed by atoms with van der Waals surface area (Å²) in [5.74, 6) is -4.25. The third kappa shape index (κ3) is 32.2. The van der Waals surface area contributed by atoms with Gasteiger partial charge in [0.1, 0.15) is 6.04 Å². The van der Waals surface area contributed by atoms with Crippen LogP contribution in [0.5, 0.6) is 0 Å². The van der Waals surface area contributed by atoms with Crippen LogP contribution in [0.1, 0.15) is 68.9 Å². The summed E-state index contributed by atoms with van der Waals surface area (Å²) in [6.07, 6.45) is 7.07. The van der Waals surface area contributed by atoms with Crippen molar-refractivity contribution in [1.29, 1.82) is 0 Å². The van der Waals surface area contributed by atoms with Gasteiger partial charge < -0.3 is 57.2 Å². The Bertz CT molecular complexity index is 1680. The van der Waals surface area contributed by atoms with Crippen LogP contribution in [0.2, 0.25) is 0 Å². The smallest absolute Gasteiger partial charge is 0.320 e. The van der Waals surface area contributed by atoms with Gasteiger partial charge in [0.25, 0.3) is 0 Å². The minimum Gasteiger partial charge on any atom is -0.480 e. The maximum absolute atomic E-state index is 13.0. The van der Waals surface area contributed by atoms with Crippen molar-refractivity contribution < 1.29 is 84.3 Å². The monoisotopic (exact) mass is 1200 g/mol. The molecule has 3 saturated heterocycles. The van der Waals surface area contributed by atoms with E-state index in [1.54, 1.807) is 19.6 Å². The van der Waals surface area contributed by atoms with Gasteiger partial charge in [-0.2, -0.15) is 0 Å². The van der Waals surface area contributed by atoms with Crippen LogP contribution in [0.25, 0.3) is 0 Å². The van der Waals surface area contributed by atoms with Crippen molar-refractivity contribution >= 4 is 29.8 Å². The SMILES string of the molecule is O=C(O)CN1CCN(CC(=O)O)CCN(C(CCCNC(=O)CCCCN2CCCN(Cc3ccc(CN4CCCNCCNCCCNCC4)cc3)CCNCCCNCC2)C(=O)O)CCN(CC(=O)O)CC1.[Gd]. The van der Waals surface area contributed by atoms with E-state index in [1.807, 2.05) is 0 Å². The van der Waals surface area contributed by atoms with E-state index >= 15 is 0 Å². The number of benzene rings is 1. The molecule has 0 bridgehead atoms. The van der Waals surface area contributed by atoms with Crippen molar-refractivity contribution in [2.45, 2.75) is 76.9 Å². The van der Waals surface area contributed by atoms with Crippen molar-refractivity contribution in [2.24, 2.45) is 0 Å². The zero-order chi connectivity index (χ0) is 53.0. The maximum Gasteiger partial charge on any atom is 0.320 e. The molecule has 1 unspecified atom stereocenters. The van der Waals surface area contributed by atoms with Crippen molar-refractivity contribution in [3.63, 3.8) is 0 Å². The molecular formula is C52H95GdN13O9. The van der Waals surface area contributed by atoms with E-state index in [0.29, 0.717) is 19.4 Å². The first-order valence-corrected chi connectivity index (χ1v) is 27.8. The summed E-state index contributed by atoms with van der Waals surface area (Å²) >= 11 is 0. The Morgan fingerprint density at radius 3 is 1.33 bits per heavy atom. The average molecular weight is 1200 g/mol. The molecule has 3 heterocycles. The Labute approximate surface area is 479 Å². The molecule has 0 spiro atoms. The van der Waals surface area contributed by atoms with Gasteiger partial charge in [0.05, 0.1) is 19.6 Å². The molecule has 0 saturated carbocycles. The molecule has 1 aromatic rings. The van der Waals surface area contributed by atoms with Gasteiger partial charge in [0, 0.05) is 171 Å². The molecule has 1 atom stereocenters. The van der Waals surface area contributed by atoms with Crippen molar-refractivity contribution in [3.8, 4) is 0 Å². The van der Waals surface area contributed by atoms with Gasteiger partial charge in [-0.25, -0.2) is 0 Å². The predicted octanol–water partition coefficient (Wildman–Crippen LogP) is -0.877. The molecule has 0 aliphatic carbocycles. The van der Waals surface area contributed by atoms with E-state index in [2.05, 4.69) is 70.9 Å². The molecule has 0 aromatic heterocycles. The number of amides is 1. The van der Waals surface area contributed by atoms with Crippen LogP contribution >= 0.6 is 0 Å². The number of carboxylic acids is 4. The first kappa shape index (κ1) is 66.7. The molecule has 23 heteroatoms. The largest absolute Gasteiger partial charge is 0.480 e. The summed E-state index contributed by atoms with van der Waals surface area (Å²) in [4.78, 5) is 75.1. The quantitative estimate of drug-likeness (QED) is 0.0671. The number of nitrogens with zero attached hydrogens (tertiary/aromatic N) is 7. The number of carboxylic acid groups (broad SMARTS) is 4. The second kappa shape index (κ2) is 41.5. The molecule has 75 heavy (non-hydrogen) atoms. The van der Waals surface area contributed by atoms with Gasteiger partial charge in [0.2, 0.25) is 5.91 Å². The summed E-state index contributed by atoms with van der Waals surface area (Å²) in [7, 11) is 0. The minimum absolute atomic E-state index is 0. The number of carbonyl (C=O) groups is 5. The van der Waals surface area contributed by atoms with Crippen LogP contribution in [0.15, 0.2) is 24.3 Å². The van der Waals surface area contributed by atoms with Crippen LogP contribution in [0.3, 0.4) is 0 Å². The van der Waals surface area contributed by atoms with Gasteiger partial charge in [0.15, 0.2) is 0 Å². The number of hydrogen-bond acceptors (Lipinski definition) is 17. The fourth-order valence-electron chi connectivity index (χ4n) is 9.88. The molecule has 430 valence electrons. The summed E-state index contributed by atoms with van der Waals surface area (Å²) in [6, 6.07) is 8.33. The number of carbonyl (C=O) groups excluding carboxylic acids is 1. The fraction of sp³-hybridized carbons (Fsp3) is 0.788. The molecule has 3 fully saturated rings. The number of aliphatic carboxylic acids is 4. The van der Waals surface area contributed by atoms with Crippen LogP contribution in [0, 0.1) is 39.9 Å². The zero-order valence-electron chi connectivity index (χ0n) is 45.0. The third-order valence-electron chi connectivity index (χ3n) is 14.1. The van der Waals surface area contributed by atoms with Gasteiger partial charge in [-0.05, 0) is 121 Å². The Kier molecular flexibility index (Phi) is 36.9. The average Bonchev–Trinajstić information content (AvgIpc) is 3.35. The van der Waals surface area contributed by atoms with E-state index in [9.17, 15) is 44.4 Å². The third-order valence-corrected chi connectivity index (χ3v) is 14.1. The first-order chi connectivity index (χ1) is 35.9. The minimum atomic E-state index is -1.05. The normalized spacial score (nSPS) is 20.7. The van der Waals surface area contributed by atoms with Gasteiger partial charge in [-0.3, -0.25) is 53.4 Å². The number of hydrogen-bond donors (Lipinski definition) is 10. The summed E-state index contributed by atoms with van der Waals surface area (Å²) in [6.45, 7) is 20.2. The molecule has 22 nitrogen and oxygen atoms in total. The topological polar surface area (TPSA) is 261 Å². The fourth-order valence-corrected chi connectivity index (χ4v) is 9.88. The summed E-state index contributed by atoms with van der Waals surface area (Å²) < 4.78 is 0. The van der Waals surface area contributed by atoms with Crippen LogP contribution in [-0.4, -0.2) is 280 Å². The number of rotatable bonds is 21. The number of nitrogens with one attached hydrogen (secondary N) is 6. The zero-order valence-corrected chi connectivity index (χ0v) is 47.3. The Morgan fingerprint density at radius 1 is 0.453 bits per heavy atom. The molecule has 1 aromatic carbocycles. The molecular weight excluding hydrogens is 1110 g/mol. The van der Waals surface area contributed by atoms with Crippen molar-refractivity contribution in [2.75, 3.05) is 190 Å². The molecule has 1 amide bonds. The standard InChI is InChI=1S/C52H95N13O9.Gd/c66-48(58-19-3-8-47(52(73)74)65-38-36-63(43-50(69)70)34-32-62(42-49(67)68)33-35-64(37-39-65)44-51(71)72)9-1-2-25-59-27-7-28-61(31-24-57-17-5-16-55-22-29-59)41-46-12-10-45(11-13-46)40-60-26-6-18-54-21-20-53-14-4-15-56-23-30-60;/h10-13,47,53-57H,1-9,14-44H2,(H,58,66)(H,67,68)(H,69,70)(H,71,72)(H,73,74);. The van der Waals surface area contributed by atoms with Gasteiger partial charge in [-0.15, -0.1) is 0 Å². The number of unbranched alkanes of at least 4 members (excludes halogenated alkanes) is 1. The van der Waals surface area contributed by atoms with E-state index in [-0.39, 0.29) is 124 Å². The van der Waals surface area contributed by atoms with Crippen LogP contribution in [0.4, 0.5) is 0 Å². The molecule has 10 N–H and O–H groups in total. The summed E-state index contributed by atoms with van der Waals surface area (Å²) in [5, 5.41) is 59.9. The second-order valence-electron chi connectivity index (χ2n) is 20.2. The molecule has 3 aliphatic rings. The Hall–Kier alpha value is -2.59. The molecule has 4 rings (SSSR count). The van der Waals surface area contributed by atoms with Crippen molar-refractivity contribution in [1.82, 2.24) is 66.2 Å². The molecule has 3 aliphatic heterocycles. The van der Waals surface area contributed by atoms with Crippen LogP contribution in [-0.2, 0) is 37.1 Å². The second-order valence-corrected chi connectivity index (χ2v) is 20.2. The maximum atomic E-state index is 13.0. The predicted molar refractivity (Wildman–Crippen MR) is 288 cm³/mol.